The molecule has 0 heterocycles. The highest BCUT2D eigenvalue weighted by Gasteiger charge is 2.38. The van der Waals surface area contributed by atoms with Gasteiger partial charge in [-0.15, -0.1) is 0 Å². The molecule has 0 spiro atoms. The fourth-order valence-corrected chi connectivity index (χ4v) is 5.48. The molecule has 1 N–H and O–H groups in total. The minimum Gasteiger partial charge on any atom is -0.378 e. The number of benzene rings is 2. The van der Waals surface area contributed by atoms with E-state index in [1.165, 1.54) is 0 Å². The van der Waals surface area contributed by atoms with Gasteiger partial charge in [0, 0.05) is 40.7 Å². The molecule has 4 nitrogen and oxygen atoms in total. The van der Waals surface area contributed by atoms with E-state index in [1.54, 1.807) is 30.3 Å². The fourth-order valence-electron chi connectivity index (χ4n) is 2.60. The third kappa shape index (κ3) is 5.28. The van der Waals surface area contributed by atoms with Crippen molar-refractivity contribution in [2.75, 3.05) is 25.6 Å². The molecule has 2 aromatic rings. The lowest BCUT2D eigenvalue weighted by Gasteiger charge is -2.26. The number of hydrogen-bond donors (Lipinski definition) is 1. The fraction of sp³-hybridized carbons (Fsp3) is 0.400. The zero-order valence-corrected chi connectivity index (χ0v) is 18.4. The van der Waals surface area contributed by atoms with Crippen LogP contribution in [0.15, 0.2) is 42.5 Å². The lowest BCUT2D eigenvalue weighted by atomic mass is 10.2. The van der Waals surface area contributed by atoms with Gasteiger partial charge in [-0.3, -0.25) is 4.57 Å². The lowest BCUT2D eigenvalue weighted by Crippen LogP contribution is -2.17. The van der Waals surface area contributed by atoms with E-state index < -0.39 is 13.2 Å². The number of rotatable bonds is 8. The molecule has 0 aliphatic carbocycles. The maximum Gasteiger partial charge on any atom is 0.264 e. The Hall–Kier alpha value is -1.03. The van der Waals surface area contributed by atoms with E-state index in [9.17, 15) is 9.67 Å². The standard InChI is InChI=1S/C20H26Cl2NO3P/c1-14(2)12-13-26-27(25,16-10-8-15(9-11-16)23(3)4)20(24)19-17(21)6-5-7-18(19)22/h5-11,14,20,24H,12-13H2,1-4H3/t20-,27-/m0/s1. The number of aliphatic hydroxyl groups excluding tert-OH is 1. The summed E-state index contributed by atoms with van der Waals surface area (Å²) in [5, 5.41) is 12.0. The van der Waals surface area contributed by atoms with Crippen LogP contribution in [0.25, 0.3) is 0 Å². The molecule has 0 fully saturated rings. The summed E-state index contributed by atoms with van der Waals surface area (Å²) in [6, 6.07) is 12.0. The van der Waals surface area contributed by atoms with Crippen molar-refractivity contribution in [3.63, 3.8) is 0 Å². The molecule has 0 aliphatic heterocycles. The molecule has 0 unspecified atom stereocenters. The van der Waals surface area contributed by atoms with Crippen LogP contribution >= 0.6 is 30.6 Å². The van der Waals surface area contributed by atoms with Crippen molar-refractivity contribution in [1.29, 1.82) is 0 Å². The SMILES string of the molecule is CC(C)CCO[P@@](=O)(c1ccc(N(C)C)cc1)[C@H](O)c1c(Cl)cccc1Cl. The summed E-state index contributed by atoms with van der Waals surface area (Å²) in [7, 11) is 0.169. The molecule has 0 amide bonds. The van der Waals surface area contributed by atoms with Gasteiger partial charge in [-0.1, -0.05) is 43.1 Å². The maximum atomic E-state index is 13.9. The van der Waals surface area contributed by atoms with Crippen LogP contribution < -0.4 is 10.2 Å². The molecule has 0 aliphatic rings. The van der Waals surface area contributed by atoms with Crippen LogP contribution in [0, 0.1) is 5.92 Å². The second kappa shape index (κ2) is 9.45. The minimum atomic E-state index is -3.68. The first-order valence-corrected chi connectivity index (χ1v) is 11.3. The van der Waals surface area contributed by atoms with Gasteiger partial charge in [0.2, 0.25) is 0 Å². The highest BCUT2D eigenvalue weighted by molar-refractivity contribution is 7.67. The van der Waals surface area contributed by atoms with Gasteiger partial charge in [0.15, 0.2) is 5.85 Å². The average molecular weight is 430 g/mol. The molecular weight excluding hydrogens is 404 g/mol. The molecule has 7 heteroatoms. The Labute approximate surface area is 171 Å². The third-order valence-electron chi connectivity index (χ3n) is 4.28. The Morgan fingerprint density at radius 1 is 1.07 bits per heavy atom. The van der Waals surface area contributed by atoms with Crippen LogP contribution in [0.2, 0.25) is 10.0 Å². The van der Waals surface area contributed by atoms with Crippen molar-refractivity contribution in [1.82, 2.24) is 0 Å². The van der Waals surface area contributed by atoms with Gasteiger partial charge in [-0.2, -0.15) is 0 Å². The normalized spacial score (nSPS) is 14.8. The highest BCUT2D eigenvalue weighted by Crippen LogP contribution is 2.59. The van der Waals surface area contributed by atoms with Gasteiger partial charge in [0.25, 0.3) is 7.37 Å². The number of anilines is 1. The average Bonchev–Trinajstić information content (AvgIpc) is 2.61. The molecule has 27 heavy (non-hydrogen) atoms. The van der Waals surface area contributed by atoms with Crippen LogP contribution in [0.1, 0.15) is 31.7 Å². The zero-order chi connectivity index (χ0) is 20.2. The van der Waals surface area contributed by atoms with Gasteiger partial charge in [-0.25, -0.2) is 0 Å². The summed E-state index contributed by atoms with van der Waals surface area (Å²) in [6.45, 7) is 4.38. The van der Waals surface area contributed by atoms with Crippen molar-refractivity contribution in [3.8, 4) is 0 Å². The first-order valence-electron chi connectivity index (χ1n) is 8.81. The highest BCUT2D eigenvalue weighted by atomic mass is 35.5. The van der Waals surface area contributed by atoms with E-state index in [2.05, 4.69) is 13.8 Å². The van der Waals surface area contributed by atoms with E-state index in [0.717, 1.165) is 12.1 Å². The third-order valence-corrected chi connectivity index (χ3v) is 7.43. The second-order valence-electron chi connectivity index (χ2n) is 7.03. The van der Waals surface area contributed by atoms with Gasteiger partial charge in [-0.05, 0) is 48.7 Å². The zero-order valence-electron chi connectivity index (χ0n) is 16.0. The molecule has 0 bridgehead atoms. The van der Waals surface area contributed by atoms with E-state index in [0.29, 0.717) is 11.2 Å². The van der Waals surface area contributed by atoms with Crippen molar-refractivity contribution in [2.45, 2.75) is 26.1 Å². The van der Waals surface area contributed by atoms with Crippen LogP contribution in [0.4, 0.5) is 5.69 Å². The van der Waals surface area contributed by atoms with Crippen molar-refractivity contribution in [3.05, 3.63) is 58.1 Å². The van der Waals surface area contributed by atoms with E-state index in [4.69, 9.17) is 27.7 Å². The van der Waals surface area contributed by atoms with Crippen LogP contribution in [-0.2, 0) is 9.09 Å². The Kier molecular flexibility index (Phi) is 7.79. The molecule has 0 aromatic heterocycles. The lowest BCUT2D eigenvalue weighted by molar-refractivity contribution is 0.209. The predicted octanol–water partition coefficient (Wildman–Crippen LogP) is 5.72. The van der Waals surface area contributed by atoms with Crippen molar-refractivity contribution in [2.24, 2.45) is 5.92 Å². The summed E-state index contributed by atoms with van der Waals surface area (Å²) in [5.74, 6) is -1.06. The van der Waals surface area contributed by atoms with Gasteiger partial charge >= 0.3 is 0 Å². The summed E-state index contributed by atoms with van der Waals surface area (Å²) in [4.78, 5) is 1.94. The molecule has 0 saturated heterocycles. The molecule has 0 radical (unpaired) electrons. The number of hydrogen-bond acceptors (Lipinski definition) is 4. The summed E-state index contributed by atoms with van der Waals surface area (Å²) < 4.78 is 19.7. The predicted molar refractivity (Wildman–Crippen MR) is 115 cm³/mol. The number of halogens is 2. The largest absolute Gasteiger partial charge is 0.378 e. The molecule has 2 atom stereocenters. The monoisotopic (exact) mass is 429 g/mol. The second-order valence-corrected chi connectivity index (χ2v) is 10.3. The van der Waals surface area contributed by atoms with Gasteiger partial charge in [0.05, 0.1) is 6.61 Å². The Balaban J connectivity index is 2.47. The molecule has 2 aromatic carbocycles. The van der Waals surface area contributed by atoms with Crippen LogP contribution in [-0.4, -0.2) is 25.8 Å². The van der Waals surface area contributed by atoms with Gasteiger partial charge in [0.1, 0.15) is 0 Å². The summed E-state index contributed by atoms with van der Waals surface area (Å²) in [5.41, 5.74) is 1.18. The van der Waals surface area contributed by atoms with Crippen molar-refractivity contribution < 1.29 is 14.2 Å². The van der Waals surface area contributed by atoms with Crippen LogP contribution in [0.3, 0.4) is 0 Å². The molecular formula is C20H26Cl2NO3P. The smallest absolute Gasteiger partial charge is 0.264 e. The number of nitrogens with zero attached hydrogens (tertiary/aromatic N) is 1. The van der Waals surface area contributed by atoms with E-state index in [-0.39, 0.29) is 22.2 Å². The molecule has 148 valence electrons. The van der Waals surface area contributed by atoms with E-state index in [1.807, 2.05) is 31.1 Å². The van der Waals surface area contributed by atoms with Crippen LogP contribution in [0.5, 0.6) is 0 Å². The molecule has 0 saturated carbocycles. The Morgan fingerprint density at radius 2 is 1.63 bits per heavy atom. The quantitative estimate of drug-likeness (QED) is 0.545. The first kappa shape index (κ1) is 22.3. The Bertz CT molecular complexity index is 789. The molecule has 2 rings (SSSR count). The minimum absolute atomic E-state index is 0.227. The summed E-state index contributed by atoms with van der Waals surface area (Å²) in [6.07, 6.45) is 0.725. The van der Waals surface area contributed by atoms with Crippen molar-refractivity contribution >= 4 is 41.6 Å². The Morgan fingerprint density at radius 3 is 2.11 bits per heavy atom. The topological polar surface area (TPSA) is 49.8 Å². The first-order chi connectivity index (χ1) is 12.7. The van der Waals surface area contributed by atoms with E-state index >= 15 is 0 Å². The summed E-state index contributed by atoms with van der Waals surface area (Å²) >= 11 is 12.5. The van der Waals surface area contributed by atoms with Gasteiger partial charge < -0.3 is 14.5 Å². The maximum absolute atomic E-state index is 13.9. The number of aliphatic hydroxyl groups is 1.